The van der Waals surface area contributed by atoms with Crippen molar-refractivity contribution >= 4 is 17.5 Å². The Labute approximate surface area is 111 Å². The zero-order valence-corrected chi connectivity index (χ0v) is 10.8. The van der Waals surface area contributed by atoms with Crippen LogP contribution in [0, 0.1) is 0 Å². The van der Waals surface area contributed by atoms with Gasteiger partial charge in [0.25, 0.3) is 0 Å². The fraction of sp³-hybridized carbons (Fsp3) is 0.462. The maximum Gasteiger partial charge on any atom is 0.248 e. The second kappa shape index (κ2) is 7.93. The van der Waals surface area contributed by atoms with Gasteiger partial charge in [-0.2, -0.15) is 0 Å². The Kier molecular flexibility index (Phi) is 6.50. The Morgan fingerprint density at radius 1 is 1.44 bits per heavy atom. The second-order valence-corrected chi connectivity index (χ2v) is 4.60. The SMILES string of the molecule is NC(=O)c1cccc(OCC(Cl)CCCCF)c1. The summed E-state index contributed by atoms with van der Waals surface area (Å²) >= 11 is 6.03. The van der Waals surface area contributed by atoms with Crippen LogP contribution in [-0.4, -0.2) is 24.6 Å². The molecule has 3 nitrogen and oxygen atoms in total. The van der Waals surface area contributed by atoms with Crippen LogP contribution >= 0.6 is 11.6 Å². The van der Waals surface area contributed by atoms with Gasteiger partial charge in [0, 0.05) is 5.56 Å². The van der Waals surface area contributed by atoms with Crippen LogP contribution in [0.5, 0.6) is 5.75 Å². The molecule has 0 bridgehead atoms. The summed E-state index contributed by atoms with van der Waals surface area (Å²) in [6.45, 7) is 0.0151. The van der Waals surface area contributed by atoms with E-state index in [9.17, 15) is 9.18 Å². The van der Waals surface area contributed by atoms with E-state index in [-0.39, 0.29) is 12.1 Å². The minimum absolute atomic E-state index is 0.159. The molecular weight excluding hydrogens is 257 g/mol. The Morgan fingerprint density at radius 2 is 2.22 bits per heavy atom. The summed E-state index contributed by atoms with van der Waals surface area (Å²) in [7, 11) is 0. The molecule has 1 amide bonds. The molecule has 0 radical (unpaired) electrons. The van der Waals surface area contributed by atoms with Crippen molar-refractivity contribution in [3.05, 3.63) is 29.8 Å². The normalized spacial score (nSPS) is 12.1. The number of halogens is 2. The standard InChI is InChI=1S/C13H17ClFNO2/c14-11(5-1-2-7-15)9-18-12-6-3-4-10(8-12)13(16)17/h3-4,6,8,11H,1-2,5,7,9H2,(H2,16,17). The van der Waals surface area contributed by atoms with Crippen LogP contribution < -0.4 is 10.5 Å². The lowest BCUT2D eigenvalue weighted by atomic mass is 10.2. The first kappa shape index (κ1) is 14.8. The zero-order valence-electron chi connectivity index (χ0n) is 10.1. The fourth-order valence-electron chi connectivity index (χ4n) is 1.47. The molecule has 1 unspecified atom stereocenters. The van der Waals surface area contributed by atoms with Crippen LogP contribution in [0.3, 0.4) is 0 Å². The Hall–Kier alpha value is -1.29. The van der Waals surface area contributed by atoms with Gasteiger partial charge in [-0.3, -0.25) is 9.18 Å². The molecule has 0 fully saturated rings. The van der Waals surface area contributed by atoms with Gasteiger partial charge >= 0.3 is 0 Å². The van der Waals surface area contributed by atoms with Crippen molar-refractivity contribution in [2.75, 3.05) is 13.3 Å². The van der Waals surface area contributed by atoms with Crippen molar-refractivity contribution < 1.29 is 13.9 Å². The maximum absolute atomic E-state index is 11.9. The first-order valence-corrected chi connectivity index (χ1v) is 6.30. The lowest BCUT2D eigenvalue weighted by Crippen LogP contribution is -2.13. The Morgan fingerprint density at radius 3 is 2.89 bits per heavy atom. The molecule has 0 spiro atoms. The smallest absolute Gasteiger partial charge is 0.248 e. The molecule has 5 heteroatoms. The highest BCUT2D eigenvalue weighted by atomic mass is 35.5. The van der Waals surface area contributed by atoms with E-state index in [4.69, 9.17) is 22.1 Å². The molecule has 0 aromatic heterocycles. The molecule has 0 saturated carbocycles. The summed E-state index contributed by atoms with van der Waals surface area (Å²) in [6.07, 6.45) is 1.98. The summed E-state index contributed by atoms with van der Waals surface area (Å²) in [5.74, 6) is 0.0632. The predicted molar refractivity (Wildman–Crippen MR) is 69.9 cm³/mol. The molecule has 1 atom stereocenters. The van der Waals surface area contributed by atoms with Gasteiger partial charge in [-0.15, -0.1) is 11.6 Å². The molecule has 18 heavy (non-hydrogen) atoms. The van der Waals surface area contributed by atoms with E-state index < -0.39 is 5.91 Å². The van der Waals surface area contributed by atoms with Gasteiger partial charge in [-0.05, 0) is 37.5 Å². The van der Waals surface area contributed by atoms with E-state index in [1.54, 1.807) is 24.3 Å². The summed E-state index contributed by atoms with van der Waals surface area (Å²) in [5, 5.41) is -0.159. The number of carbonyl (C=O) groups excluding carboxylic acids is 1. The Bertz CT molecular complexity index is 387. The first-order valence-electron chi connectivity index (χ1n) is 5.86. The molecule has 1 rings (SSSR count). The summed E-state index contributed by atoms with van der Waals surface area (Å²) < 4.78 is 17.4. The third kappa shape index (κ3) is 5.36. The number of carbonyl (C=O) groups is 1. The van der Waals surface area contributed by atoms with Gasteiger partial charge in [0.1, 0.15) is 12.4 Å². The minimum atomic E-state index is -0.495. The molecule has 100 valence electrons. The van der Waals surface area contributed by atoms with Crippen molar-refractivity contribution in [3.63, 3.8) is 0 Å². The van der Waals surface area contributed by atoms with Gasteiger partial charge < -0.3 is 10.5 Å². The van der Waals surface area contributed by atoms with Crippen LogP contribution in [0.15, 0.2) is 24.3 Å². The van der Waals surface area contributed by atoms with Gasteiger partial charge in [-0.1, -0.05) is 6.07 Å². The van der Waals surface area contributed by atoms with Crippen molar-refractivity contribution in [1.82, 2.24) is 0 Å². The van der Waals surface area contributed by atoms with Crippen molar-refractivity contribution in [3.8, 4) is 5.75 Å². The van der Waals surface area contributed by atoms with Crippen LogP contribution in [0.2, 0.25) is 0 Å². The monoisotopic (exact) mass is 273 g/mol. The first-order chi connectivity index (χ1) is 8.63. The fourth-order valence-corrected chi connectivity index (χ4v) is 1.69. The van der Waals surface area contributed by atoms with Crippen molar-refractivity contribution in [1.29, 1.82) is 0 Å². The quantitative estimate of drug-likeness (QED) is 0.585. The van der Waals surface area contributed by atoms with Crippen LogP contribution in [-0.2, 0) is 0 Å². The van der Waals surface area contributed by atoms with E-state index in [1.807, 2.05) is 0 Å². The average Bonchev–Trinajstić information content (AvgIpc) is 2.37. The molecule has 0 aliphatic heterocycles. The summed E-state index contributed by atoms with van der Waals surface area (Å²) in [5.41, 5.74) is 5.56. The predicted octanol–water partition coefficient (Wildman–Crippen LogP) is 2.91. The number of nitrogens with two attached hydrogens (primary N) is 1. The van der Waals surface area contributed by atoms with Crippen LogP contribution in [0.25, 0.3) is 0 Å². The Balaban J connectivity index is 2.38. The van der Waals surface area contributed by atoms with E-state index in [0.717, 1.165) is 6.42 Å². The number of amides is 1. The van der Waals surface area contributed by atoms with E-state index >= 15 is 0 Å². The maximum atomic E-state index is 11.9. The molecule has 0 heterocycles. The topological polar surface area (TPSA) is 52.3 Å². The van der Waals surface area contributed by atoms with Gasteiger partial charge in [-0.25, -0.2) is 0 Å². The molecule has 0 saturated heterocycles. The van der Waals surface area contributed by atoms with Crippen LogP contribution in [0.4, 0.5) is 4.39 Å². The van der Waals surface area contributed by atoms with Gasteiger partial charge in [0.2, 0.25) is 5.91 Å². The van der Waals surface area contributed by atoms with Crippen LogP contribution in [0.1, 0.15) is 29.6 Å². The molecule has 2 N–H and O–H groups in total. The molecule has 1 aromatic rings. The van der Waals surface area contributed by atoms with Crippen molar-refractivity contribution in [2.24, 2.45) is 5.73 Å². The summed E-state index contributed by atoms with van der Waals surface area (Å²) in [6, 6.07) is 6.63. The number of unbranched alkanes of at least 4 members (excludes halogenated alkanes) is 1. The number of hydrogen-bond acceptors (Lipinski definition) is 2. The van der Waals surface area contributed by atoms with Crippen molar-refractivity contribution in [2.45, 2.75) is 24.6 Å². The minimum Gasteiger partial charge on any atom is -0.492 e. The van der Waals surface area contributed by atoms with E-state index in [0.29, 0.717) is 30.8 Å². The van der Waals surface area contributed by atoms with Gasteiger partial charge in [0.05, 0.1) is 12.1 Å². The second-order valence-electron chi connectivity index (χ2n) is 3.99. The molecule has 1 aromatic carbocycles. The lowest BCUT2D eigenvalue weighted by Gasteiger charge is -2.11. The van der Waals surface area contributed by atoms with E-state index in [2.05, 4.69) is 0 Å². The van der Waals surface area contributed by atoms with Gasteiger partial charge in [0.15, 0.2) is 0 Å². The number of alkyl halides is 2. The number of benzene rings is 1. The summed E-state index contributed by atoms with van der Waals surface area (Å²) in [4.78, 5) is 11.0. The number of hydrogen-bond donors (Lipinski definition) is 1. The highest BCUT2D eigenvalue weighted by Crippen LogP contribution is 2.15. The largest absolute Gasteiger partial charge is 0.492 e. The highest BCUT2D eigenvalue weighted by molar-refractivity contribution is 6.20. The number of rotatable bonds is 8. The third-order valence-corrected chi connectivity index (χ3v) is 2.79. The number of primary amides is 1. The molecule has 0 aliphatic rings. The van der Waals surface area contributed by atoms with E-state index in [1.165, 1.54) is 0 Å². The number of ether oxygens (including phenoxy) is 1. The molecular formula is C13H17ClFNO2. The molecule has 0 aliphatic carbocycles. The zero-order chi connectivity index (χ0) is 13.4. The third-order valence-electron chi connectivity index (χ3n) is 2.45. The highest BCUT2D eigenvalue weighted by Gasteiger charge is 2.07. The lowest BCUT2D eigenvalue weighted by molar-refractivity contribution is 0.1000. The average molecular weight is 274 g/mol.